The Kier molecular flexibility index (Phi) is 9.83. The van der Waals surface area contributed by atoms with Crippen molar-refractivity contribution in [3.8, 4) is 0 Å². The van der Waals surface area contributed by atoms with Gasteiger partial charge in [0.1, 0.15) is 0 Å². The first-order chi connectivity index (χ1) is 7.31. The van der Waals surface area contributed by atoms with Gasteiger partial charge in [-0.1, -0.05) is 43.4 Å². The molecule has 0 saturated heterocycles. The summed E-state index contributed by atoms with van der Waals surface area (Å²) < 4.78 is 5.00. The van der Waals surface area contributed by atoms with Crippen LogP contribution in [-0.2, 0) is 9.53 Å². The Morgan fingerprint density at radius 2 is 2.00 bits per heavy atom. The Bertz CT molecular complexity index is 237. The van der Waals surface area contributed by atoms with Gasteiger partial charge in [0.25, 0.3) is 0 Å². The number of carbonyl (C=O) groups excluding carboxylic acids is 1. The molecular formula is C13H20O2. The molecule has 0 atom stereocenters. The largest absolute Gasteiger partial charge is 0.465 e. The third-order valence-electron chi connectivity index (χ3n) is 1.67. The van der Waals surface area contributed by atoms with E-state index in [0.29, 0.717) is 13.0 Å². The van der Waals surface area contributed by atoms with Crippen molar-refractivity contribution in [2.75, 3.05) is 6.61 Å². The summed E-state index contributed by atoms with van der Waals surface area (Å²) in [6.45, 7) is 4.46. The van der Waals surface area contributed by atoms with Crippen molar-refractivity contribution >= 4 is 5.97 Å². The summed E-state index contributed by atoms with van der Waals surface area (Å²) in [4.78, 5) is 11.1. The van der Waals surface area contributed by atoms with E-state index >= 15 is 0 Å². The quantitative estimate of drug-likeness (QED) is 0.277. The molecule has 0 aromatic carbocycles. The summed E-state index contributed by atoms with van der Waals surface area (Å²) in [7, 11) is 0. The second kappa shape index (κ2) is 10.8. The van der Waals surface area contributed by atoms with Gasteiger partial charge in [0.15, 0.2) is 0 Å². The average Bonchev–Trinajstić information content (AvgIpc) is 2.23. The zero-order valence-electron chi connectivity index (χ0n) is 9.61. The number of rotatable bonds is 7. The number of allylic oxidation sites excluding steroid dienone is 4. The zero-order valence-corrected chi connectivity index (χ0v) is 9.61. The van der Waals surface area contributed by atoms with Crippen LogP contribution < -0.4 is 0 Å². The molecule has 0 aliphatic heterocycles. The van der Waals surface area contributed by atoms with Crippen LogP contribution in [0.2, 0.25) is 0 Å². The predicted octanol–water partition coefficient (Wildman–Crippen LogP) is 3.41. The molecule has 0 fully saturated rings. The maximum atomic E-state index is 11.1. The van der Waals surface area contributed by atoms with Crippen LogP contribution in [0.15, 0.2) is 36.5 Å². The van der Waals surface area contributed by atoms with Crippen LogP contribution >= 0.6 is 0 Å². The fraction of sp³-hybridized carbons (Fsp3) is 0.462. The topological polar surface area (TPSA) is 26.3 Å². The molecule has 84 valence electrons. The van der Waals surface area contributed by atoms with Gasteiger partial charge < -0.3 is 4.74 Å². The first kappa shape index (κ1) is 13.7. The van der Waals surface area contributed by atoms with Gasteiger partial charge in [-0.15, -0.1) is 0 Å². The van der Waals surface area contributed by atoms with Crippen molar-refractivity contribution in [2.45, 2.75) is 33.1 Å². The highest BCUT2D eigenvalue weighted by atomic mass is 16.5. The molecule has 0 heterocycles. The Balaban J connectivity index is 3.42. The fourth-order valence-electron chi connectivity index (χ4n) is 0.932. The molecule has 0 unspecified atom stereocenters. The number of esters is 1. The Labute approximate surface area is 92.3 Å². The smallest absolute Gasteiger partial charge is 0.309 e. The fourth-order valence-corrected chi connectivity index (χ4v) is 0.932. The summed E-state index contributed by atoms with van der Waals surface area (Å²) >= 11 is 0. The van der Waals surface area contributed by atoms with Crippen molar-refractivity contribution in [3.05, 3.63) is 36.5 Å². The minimum Gasteiger partial charge on any atom is -0.465 e. The highest BCUT2D eigenvalue weighted by Gasteiger charge is 1.96. The van der Waals surface area contributed by atoms with Crippen molar-refractivity contribution in [1.82, 2.24) is 0 Å². The third-order valence-corrected chi connectivity index (χ3v) is 1.67. The third kappa shape index (κ3) is 10.6. The second-order valence-electron chi connectivity index (χ2n) is 3.05. The molecule has 0 spiro atoms. The zero-order chi connectivity index (χ0) is 11.4. The maximum Gasteiger partial charge on any atom is 0.309 e. The minimum absolute atomic E-state index is 0.154. The van der Waals surface area contributed by atoms with E-state index in [1.165, 1.54) is 0 Å². The van der Waals surface area contributed by atoms with Gasteiger partial charge in [-0.05, 0) is 19.8 Å². The molecule has 0 N–H and O–H groups in total. The van der Waals surface area contributed by atoms with Crippen LogP contribution in [0.25, 0.3) is 0 Å². The van der Waals surface area contributed by atoms with E-state index in [1.54, 1.807) is 0 Å². The summed E-state index contributed by atoms with van der Waals surface area (Å²) in [6, 6.07) is 0. The van der Waals surface area contributed by atoms with E-state index in [2.05, 4.69) is 0 Å². The van der Waals surface area contributed by atoms with Gasteiger partial charge in [-0.3, -0.25) is 4.79 Å². The Morgan fingerprint density at radius 3 is 2.67 bits per heavy atom. The van der Waals surface area contributed by atoms with E-state index in [4.69, 9.17) is 4.74 Å². The lowest BCUT2D eigenvalue weighted by Gasteiger charge is -1.99. The summed E-state index contributed by atoms with van der Waals surface area (Å²) in [5.74, 6) is -0.154. The van der Waals surface area contributed by atoms with Crippen LogP contribution in [0.1, 0.15) is 33.1 Å². The van der Waals surface area contributed by atoms with Crippen LogP contribution in [0, 0.1) is 0 Å². The number of hydrogen-bond donors (Lipinski definition) is 0. The lowest BCUT2D eigenvalue weighted by molar-refractivity contribution is -0.142. The van der Waals surface area contributed by atoms with E-state index < -0.39 is 0 Å². The van der Waals surface area contributed by atoms with E-state index in [1.807, 2.05) is 50.3 Å². The summed E-state index contributed by atoms with van der Waals surface area (Å²) in [5.41, 5.74) is 0. The molecule has 0 aliphatic rings. The van der Waals surface area contributed by atoms with E-state index in [0.717, 1.165) is 12.8 Å². The summed E-state index contributed by atoms with van der Waals surface area (Å²) in [5, 5.41) is 0. The maximum absolute atomic E-state index is 11.1. The molecule has 0 bridgehead atoms. The molecule has 2 heteroatoms. The SMILES string of the molecule is CC=CC=CCCOC(=O)C/C=C\CC. The molecule has 0 aromatic heterocycles. The average molecular weight is 208 g/mol. The standard InChI is InChI=1S/C13H20O2/c1-3-5-7-8-10-12-15-13(14)11-9-6-4-2/h3,5-9H,4,10-12H2,1-2H3/b5-3?,8-7?,9-6-. The lowest BCUT2D eigenvalue weighted by atomic mass is 10.3. The van der Waals surface area contributed by atoms with Crippen molar-refractivity contribution in [1.29, 1.82) is 0 Å². The molecule has 0 amide bonds. The lowest BCUT2D eigenvalue weighted by Crippen LogP contribution is -2.03. The highest BCUT2D eigenvalue weighted by Crippen LogP contribution is 1.93. The molecule has 2 nitrogen and oxygen atoms in total. The van der Waals surface area contributed by atoms with Crippen LogP contribution in [0.3, 0.4) is 0 Å². The van der Waals surface area contributed by atoms with Gasteiger partial charge in [-0.25, -0.2) is 0 Å². The van der Waals surface area contributed by atoms with Crippen LogP contribution in [-0.4, -0.2) is 12.6 Å². The van der Waals surface area contributed by atoms with Gasteiger partial charge in [0.05, 0.1) is 13.0 Å². The summed E-state index contributed by atoms with van der Waals surface area (Å²) in [6.07, 6.45) is 13.8. The molecular weight excluding hydrogens is 188 g/mol. The van der Waals surface area contributed by atoms with E-state index in [9.17, 15) is 4.79 Å². The molecule has 15 heavy (non-hydrogen) atoms. The molecule has 0 saturated carbocycles. The van der Waals surface area contributed by atoms with Gasteiger partial charge in [0.2, 0.25) is 0 Å². The van der Waals surface area contributed by atoms with E-state index in [-0.39, 0.29) is 5.97 Å². The number of carbonyl (C=O) groups is 1. The van der Waals surface area contributed by atoms with Crippen molar-refractivity contribution in [2.24, 2.45) is 0 Å². The van der Waals surface area contributed by atoms with Crippen LogP contribution in [0.4, 0.5) is 0 Å². The first-order valence-electron chi connectivity index (χ1n) is 5.39. The number of hydrogen-bond acceptors (Lipinski definition) is 2. The predicted molar refractivity (Wildman–Crippen MR) is 63.6 cm³/mol. The van der Waals surface area contributed by atoms with Crippen molar-refractivity contribution < 1.29 is 9.53 Å². The van der Waals surface area contributed by atoms with Gasteiger partial charge in [0, 0.05) is 0 Å². The highest BCUT2D eigenvalue weighted by molar-refractivity contribution is 5.71. The second-order valence-corrected chi connectivity index (χ2v) is 3.05. The normalized spacial score (nSPS) is 11.9. The van der Waals surface area contributed by atoms with Gasteiger partial charge in [-0.2, -0.15) is 0 Å². The number of ether oxygens (including phenoxy) is 1. The Morgan fingerprint density at radius 1 is 1.20 bits per heavy atom. The molecule has 0 radical (unpaired) electrons. The van der Waals surface area contributed by atoms with Crippen molar-refractivity contribution in [3.63, 3.8) is 0 Å². The van der Waals surface area contributed by atoms with Crippen LogP contribution in [0.5, 0.6) is 0 Å². The molecule has 0 aromatic rings. The molecule has 0 aliphatic carbocycles. The minimum atomic E-state index is -0.154. The molecule has 0 rings (SSSR count). The Hall–Kier alpha value is -1.31. The monoisotopic (exact) mass is 208 g/mol. The van der Waals surface area contributed by atoms with Gasteiger partial charge >= 0.3 is 5.97 Å². The first-order valence-corrected chi connectivity index (χ1v) is 5.39.